The van der Waals surface area contributed by atoms with E-state index < -0.39 is 0 Å². The summed E-state index contributed by atoms with van der Waals surface area (Å²) in [6, 6.07) is 8.12. The average molecular weight is 320 g/mol. The van der Waals surface area contributed by atoms with Crippen molar-refractivity contribution in [3.05, 3.63) is 29.8 Å². The van der Waals surface area contributed by atoms with Crippen LogP contribution in [-0.4, -0.2) is 72.5 Å². The van der Waals surface area contributed by atoms with Crippen LogP contribution < -0.4 is 5.32 Å². The maximum atomic E-state index is 11.7. The van der Waals surface area contributed by atoms with Crippen LogP contribution in [0.2, 0.25) is 0 Å². The molecule has 1 aliphatic heterocycles. The summed E-state index contributed by atoms with van der Waals surface area (Å²) in [7, 11) is 3.58. The lowest BCUT2D eigenvalue weighted by molar-refractivity contribution is -0.130. The van der Waals surface area contributed by atoms with Crippen molar-refractivity contribution in [2.75, 3.05) is 52.1 Å². The van der Waals surface area contributed by atoms with Gasteiger partial charge in [0.1, 0.15) is 0 Å². The Hall–Kier alpha value is -1.66. The van der Waals surface area contributed by atoms with Gasteiger partial charge < -0.3 is 15.1 Å². The van der Waals surface area contributed by atoms with Crippen molar-refractivity contribution in [1.29, 1.82) is 0 Å². The van der Waals surface area contributed by atoms with E-state index in [-0.39, 0.29) is 5.91 Å². The first-order valence-electron chi connectivity index (χ1n) is 7.51. The van der Waals surface area contributed by atoms with Crippen LogP contribution in [0.4, 0.5) is 5.69 Å². The normalized spacial score (nSPS) is 15.5. The zero-order valence-electron chi connectivity index (χ0n) is 13.5. The number of hydrogen-bond acceptors (Lipinski definition) is 3. The number of carbonyl (C=O) groups is 1. The summed E-state index contributed by atoms with van der Waals surface area (Å²) in [5.41, 5.74) is 2.23. The first-order valence-corrected chi connectivity index (χ1v) is 7.92. The lowest BCUT2D eigenvalue weighted by Crippen LogP contribution is -2.51. The number of benzene rings is 1. The van der Waals surface area contributed by atoms with Gasteiger partial charge in [-0.1, -0.05) is 18.2 Å². The number of rotatable bonds is 3. The summed E-state index contributed by atoms with van der Waals surface area (Å²) < 4.78 is 0. The molecular weight excluding hydrogens is 296 g/mol. The largest absolute Gasteiger partial charge is 0.348 e. The molecule has 0 spiro atoms. The first kappa shape index (κ1) is 16.7. The predicted molar refractivity (Wildman–Crippen MR) is 94.1 cm³/mol. The Balaban J connectivity index is 1.83. The molecule has 1 aliphatic rings. The number of thiocarbonyl (C=S) groups is 1. The van der Waals surface area contributed by atoms with Crippen LogP contribution in [-0.2, 0) is 4.79 Å². The molecule has 0 saturated carbocycles. The molecule has 120 valence electrons. The molecule has 0 aromatic heterocycles. The minimum absolute atomic E-state index is 0.147. The molecule has 0 radical (unpaired) electrons. The van der Waals surface area contributed by atoms with Gasteiger partial charge in [-0.3, -0.25) is 9.69 Å². The van der Waals surface area contributed by atoms with Crippen molar-refractivity contribution in [3.8, 4) is 0 Å². The van der Waals surface area contributed by atoms with E-state index in [1.54, 1.807) is 19.0 Å². The van der Waals surface area contributed by atoms with Gasteiger partial charge in [0.15, 0.2) is 5.11 Å². The van der Waals surface area contributed by atoms with Gasteiger partial charge in [-0.15, -0.1) is 0 Å². The second kappa shape index (κ2) is 7.56. The second-order valence-corrected chi connectivity index (χ2v) is 6.18. The molecule has 2 rings (SSSR count). The van der Waals surface area contributed by atoms with Crippen LogP contribution in [0.1, 0.15) is 5.56 Å². The van der Waals surface area contributed by atoms with Crippen molar-refractivity contribution in [3.63, 3.8) is 0 Å². The van der Waals surface area contributed by atoms with E-state index in [9.17, 15) is 4.79 Å². The molecule has 1 heterocycles. The number of carbonyl (C=O) groups excluding carboxylic acids is 1. The van der Waals surface area contributed by atoms with Crippen molar-refractivity contribution < 1.29 is 4.79 Å². The first-order chi connectivity index (χ1) is 10.5. The number of aryl methyl sites for hydroxylation is 1. The summed E-state index contributed by atoms with van der Waals surface area (Å²) in [5.74, 6) is 0.147. The van der Waals surface area contributed by atoms with Crippen molar-refractivity contribution in [1.82, 2.24) is 14.7 Å². The summed E-state index contributed by atoms with van der Waals surface area (Å²) in [6.07, 6.45) is 0. The molecule has 6 heteroatoms. The highest BCUT2D eigenvalue weighted by Gasteiger charge is 2.21. The lowest BCUT2D eigenvalue weighted by Gasteiger charge is -2.36. The van der Waals surface area contributed by atoms with E-state index in [1.165, 1.54) is 5.56 Å². The number of nitrogens with one attached hydrogen (secondary N) is 1. The van der Waals surface area contributed by atoms with E-state index in [0.29, 0.717) is 6.54 Å². The Morgan fingerprint density at radius 1 is 1.23 bits per heavy atom. The number of likely N-dealkylation sites (N-methyl/N-ethyl adjacent to an activating group) is 1. The number of para-hydroxylation sites is 1. The number of piperazine rings is 1. The fourth-order valence-electron chi connectivity index (χ4n) is 2.35. The van der Waals surface area contributed by atoms with Gasteiger partial charge in [0.2, 0.25) is 5.91 Å². The minimum Gasteiger partial charge on any atom is -0.348 e. The van der Waals surface area contributed by atoms with E-state index in [1.807, 2.05) is 18.2 Å². The summed E-state index contributed by atoms with van der Waals surface area (Å²) >= 11 is 5.50. The summed E-state index contributed by atoms with van der Waals surface area (Å²) in [6.45, 7) is 5.95. The van der Waals surface area contributed by atoms with Gasteiger partial charge in [-0.2, -0.15) is 0 Å². The topological polar surface area (TPSA) is 38.8 Å². The molecule has 0 atom stereocenters. The Morgan fingerprint density at radius 3 is 2.45 bits per heavy atom. The molecule has 5 nitrogen and oxygen atoms in total. The maximum Gasteiger partial charge on any atom is 0.236 e. The number of amides is 1. The molecule has 1 amide bonds. The Labute approximate surface area is 137 Å². The van der Waals surface area contributed by atoms with Crippen LogP contribution in [0.5, 0.6) is 0 Å². The smallest absolute Gasteiger partial charge is 0.236 e. The second-order valence-electron chi connectivity index (χ2n) is 5.80. The van der Waals surface area contributed by atoms with Gasteiger partial charge in [0.05, 0.1) is 6.54 Å². The minimum atomic E-state index is 0.147. The molecule has 1 saturated heterocycles. The molecular formula is C16H24N4OS. The molecule has 0 unspecified atom stereocenters. The third kappa shape index (κ3) is 4.42. The SMILES string of the molecule is Cc1ccccc1NC(=S)N1CCN(CC(=O)N(C)C)CC1. The standard InChI is InChI=1S/C16H24N4OS/c1-13-6-4-5-7-14(13)17-16(22)20-10-8-19(9-11-20)12-15(21)18(2)3/h4-7H,8-12H2,1-3H3,(H,17,22). The van der Waals surface area contributed by atoms with Gasteiger partial charge in [-0.25, -0.2) is 0 Å². The average Bonchev–Trinajstić information content (AvgIpc) is 2.50. The third-order valence-electron chi connectivity index (χ3n) is 3.90. The Kier molecular flexibility index (Phi) is 5.74. The zero-order valence-corrected chi connectivity index (χ0v) is 14.3. The van der Waals surface area contributed by atoms with Gasteiger partial charge in [0, 0.05) is 46.0 Å². The molecule has 0 aliphatic carbocycles. The van der Waals surface area contributed by atoms with Crippen LogP contribution in [0.15, 0.2) is 24.3 Å². The lowest BCUT2D eigenvalue weighted by atomic mass is 10.2. The Morgan fingerprint density at radius 2 is 1.86 bits per heavy atom. The predicted octanol–water partition coefficient (Wildman–Crippen LogP) is 1.40. The zero-order chi connectivity index (χ0) is 16.1. The van der Waals surface area contributed by atoms with Crippen molar-refractivity contribution >= 4 is 28.9 Å². The van der Waals surface area contributed by atoms with Gasteiger partial charge in [-0.05, 0) is 30.8 Å². The van der Waals surface area contributed by atoms with Gasteiger partial charge >= 0.3 is 0 Å². The van der Waals surface area contributed by atoms with Crippen LogP contribution in [0.25, 0.3) is 0 Å². The Bertz CT molecular complexity index is 539. The van der Waals surface area contributed by atoms with E-state index in [0.717, 1.165) is 37.0 Å². The van der Waals surface area contributed by atoms with Crippen LogP contribution in [0.3, 0.4) is 0 Å². The highest BCUT2D eigenvalue weighted by molar-refractivity contribution is 7.80. The fraction of sp³-hybridized carbons (Fsp3) is 0.500. The molecule has 1 N–H and O–H groups in total. The number of nitrogens with zero attached hydrogens (tertiary/aromatic N) is 3. The quantitative estimate of drug-likeness (QED) is 0.852. The highest BCUT2D eigenvalue weighted by atomic mass is 32.1. The van der Waals surface area contributed by atoms with E-state index in [2.05, 4.69) is 28.1 Å². The van der Waals surface area contributed by atoms with E-state index in [4.69, 9.17) is 12.2 Å². The number of anilines is 1. The third-order valence-corrected chi connectivity index (χ3v) is 4.26. The van der Waals surface area contributed by atoms with Crippen LogP contribution >= 0.6 is 12.2 Å². The number of hydrogen-bond donors (Lipinski definition) is 1. The van der Waals surface area contributed by atoms with E-state index >= 15 is 0 Å². The van der Waals surface area contributed by atoms with Crippen LogP contribution in [0, 0.1) is 6.92 Å². The maximum absolute atomic E-state index is 11.7. The highest BCUT2D eigenvalue weighted by Crippen LogP contribution is 2.14. The molecule has 22 heavy (non-hydrogen) atoms. The van der Waals surface area contributed by atoms with Crippen molar-refractivity contribution in [2.24, 2.45) is 0 Å². The molecule has 0 bridgehead atoms. The van der Waals surface area contributed by atoms with Gasteiger partial charge in [0.25, 0.3) is 0 Å². The molecule has 1 fully saturated rings. The monoisotopic (exact) mass is 320 g/mol. The fourth-order valence-corrected chi connectivity index (χ4v) is 2.64. The molecule has 1 aromatic rings. The molecule has 1 aromatic carbocycles. The van der Waals surface area contributed by atoms with Crippen molar-refractivity contribution in [2.45, 2.75) is 6.92 Å². The summed E-state index contributed by atoms with van der Waals surface area (Å²) in [5, 5.41) is 4.07. The summed E-state index contributed by atoms with van der Waals surface area (Å²) in [4.78, 5) is 17.7.